The average Bonchev–Trinajstić information content (AvgIpc) is 2.81. The van der Waals surface area contributed by atoms with Crippen molar-refractivity contribution in [2.75, 3.05) is 17.1 Å². The van der Waals surface area contributed by atoms with Gasteiger partial charge in [0.15, 0.2) is 9.84 Å². The van der Waals surface area contributed by atoms with Crippen molar-refractivity contribution >= 4 is 31.5 Å². The van der Waals surface area contributed by atoms with Crippen molar-refractivity contribution in [1.82, 2.24) is 5.32 Å². The van der Waals surface area contributed by atoms with E-state index in [1.54, 1.807) is 36.4 Å². The summed E-state index contributed by atoms with van der Waals surface area (Å²) in [5.41, 5.74) is 1.90. The van der Waals surface area contributed by atoms with Gasteiger partial charge in [-0.3, -0.25) is 9.10 Å². The summed E-state index contributed by atoms with van der Waals surface area (Å²) < 4.78 is 64.6. The summed E-state index contributed by atoms with van der Waals surface area (Å²) in [6.45, 7) is 3.21. The molecule has 0 aromatic heterocycles. The Morgan fingerprint density at radius 3 is 1.94 bits per heavy atom. The first-order valence-corrected chi connectivity index (χ1v) is 14.2. The largest absolute Gasteiger partial charge is 0.348 e. The highest BCUT2D eigenvalue weighted by atomic mass is 32.2. The highest BCUT2D eigenvalue weighted by Gasteiger charge is 2.28. The molecule has 0 aliphatic rings. The minimum Gasteiger partial charge on any atom is -0.348 e. The molecule has 1 amide bonds. The number of hydrogen-bond acceptors (Lipinski definition) is 5. The molecule has 0 fully saturated rings. The van der Waals surface area contributed by atoms with E-state index in [9.17, 15) is 26.0 Å². The number of carbonyl (C=O) groups excluding carboxylic acids is 1. The van der Waals surface area contributed by atoms with Crippen LogP contribution in [0.3, 0.4) is 0 Å². The van der Waals surface area contributed by atoms with Crippen molar-refractivity contribution in [3.63, 3.8) is 0 Å². The lowest BCUT2D eigenvalue weighted by Crippen LogP contribution is -2.42. The lowest BCUT2D eigenvalue weighted by Gasteiger charge is -2.26. The second-order valence-electron chi connectivity index (χ2n) is 8.17. The second kappa shape index (κ2) is 10.6. The van der Waals surface area contributed by atoms with E-state index < -0.39 is 44.2 Å². The number of carbonyl (C=O) groups is 1. The Bertz CT molecular complexity index is 1390. The molecule has 0 aliphatic heterocycles. The van der Waals surface area contributed by atoms with Gasteiger partial charge in [-0.15, -0.1) is 0 Å². The summed E-state index contributed by atoms with van der Waals surface area (Å²) in [4.78, 5) is 13.0. The molecule has 186 valence electrons. The van der Waals surface area contributed by atoms with E-state index in [1.807, 2.05) is 13.8 Å². The third-order valence-electron chi connectivity index (χ3n) is 5.46. The Hall–Kier alpha value is -3.24. The first-order valence-electron chi connectivity index (χ1n) is 10.9. The molecule has 0 aliphatic carbocycles. The number of nitrogens with one attached hydrogen (secondary N) is 1. The Balaban J connectivity index is 1.88. The molecule has 3 aromatic rings. The zero-order valence-electron chi connectivity index (χ0n) is 19.6. The van der Waals surface area contributed by atoms with Crippen LogP contribution in [0, 0.1) is 12.7 Å². The average molecular weight is 519 g/mol. The van der Waals surface area contributed by atoms with Gasteiger partial charge in [-0.25, -0.2) is 21.2 Å². The summed E-state index contributed by atoms with van der Waals surface area (Å²) in [6.07, 6.45) is 1.61. The van der Waals surface area contributed by atoms with E-state index in [1.165, 1.54) is 12.1 Å². The van der Waals surface area contributed by atoms with Gasteiger partial charge in [-0.1, -0.05) is 36.8 Å². The summed E-state index contributed by atoms with van der Waals surface area (Å²) in [6, 6.07) is 16.8. The van der Waals surface area contributed by atoms with Crippen molar-refractivity contribution in [3.05, 3.63) is 89.7 Å². The maximum atomic E-state index is 13.4. The molecule has 0 saturated carbocycles. The summed E-state index contributed by atoms with van der Waals surface area (Å²) in [5.74, 6) is -1.12. The van der Waals surface area contributed by atoms with E-state index >= 15 is 0 Å². The molecule has 0 spiro atoms. The van der Waals surface area contributed by atoms with Gasteiger partial charge in [-0.05, 0) is 67.4 Å². The van der Waals surface area contributed by atoms with Crippen LogP contribution in [0.2, 0.25) is 0 Å². The molecule has 1 N–H and O–H groups in total. The molecule has 1 unspecified atom stereocenters. The second-order valence-corrected chi connectivity index (χ2v) is 12.0. The van der Waals surface area contributed by atoms with Crippen LogP contribution < -0.4 is 9.62 Å². The van der Waals surface area contributed by atoms with E-state index in [0.29, 0.717) is 17.7 Å². The lowest BCUT2D eigenvalue weighted by molar-refractivity contribution is -0.120. The van der Waals surface area contributed by atoms with Gasteiger partial charge in [0.05, 0.1) is 21.5 Å². The topological polar surface area (TPSA) is 101 Å². The number of sulfone groups is 1. The van der Waals surface area contributed by atoms with E-state index in [0.717, 1.165) is 40.4 Å². The van der Waals surface area contributed by atoms with Crippen molar-refractivity contribution in [2.24, 2.45) is 0 Å². The molecule has 3 rings (SSSR count). The Morgan fingerprint density at radius 2 is 1.43 bits per heavy atom. The van der Waals surface area contributed by atoms with Gasteiger partial charge in [0.25, 0.3) is 10.0 Å². The summed E-state index contributed by atoms with van der Waals surface area (Å²) in [7, 11) is -7.52. The quantitative estimate of drug-likeness (QED) is 0.462. The fourth-order valence-corrected chi connectivity index (χ4v) is 5.55. The zero-order chi connectivity index (χ0) is 25.8. The van der Waals surface area contributed by atoms with Crippen LogP contribution in [-0.4, -0.2) is 35.5 Å². The molecule has 0 radical (unpaired) electrons. The molecule has 0 saturated heterocycles. The third-order valence-corrected chi connectivity index (χ3v) is 8.38. The normalized spacial score (nSPS) is 12.7. The van der Waals surface area contributed by atoms with Gasteiger partial charge in [0.2, 0.25) is 5.91 Å². The van der Waals surface area contributed by atoms with Crippen molar-refractivity contribution in [1.29, 1.82) is 0 Å². The van der Waals surface area contributed by atoms with E-state index in [-0.39, 0.29) is 9.79 Å². The lowest BCUT2D eigenvalue weighted by atomic mass is 10.0. The number of anilines is 1. The van der Waals surface area contributed by atoms with Crippen LogP contribution in [0.25, 0.3) is 0 Å². The molecule has 3 aromatic carbocycles. The Morgan fingerprint density at radius 1 is 0.886 bits per heavy atom. The number of sulfonamides is 1. The highest BCUT2D eigenvalue weighted by Crippen LogP contribution is 2.25. The fourth-order valence-electron chi connectivity index (χ4n) is 3.50. The van der Waals surface area contributed by atoms with E-state index in [4.69, 9.17) is 0 Å². The van der Waals surface area contributed by atoms with Crippen LogP contribution in [0.4, 0.5) is 10.1 Å². The van der Waals surface area contributed by atoms with Crippen LogP contribution in [0.5, 0.6) is 0 Å². The predicted molar refractivity (Wildman–Crippen MR) is 133 cm³/mol. The number of benzene rings is 3. The maximum absolute atomic E-state index is 13.4. The molecule has 35 heavy (non-hydrogen) atoms. The minimum atomic E-state index is -4.17. The number of aryl methyl sites for hydroxylation is 1. The van der Waals surface area contributed by atoms with Crippen LogP contribution in [0.15, 0.2) is 82.6 Å². The molecule has 0 bridgehead atoms. The highest BCUT2D eigenvalue weighted by molar-refractivity contribution is 7.93. The molecule has 1 atom stereocenters. The smallest absolute Gasteiger partial charge is 0.264 e. The molecular weight excluding hydrogens is 491 g/mol. The fraction of sp³-hybridized carbons (Fsp3) is 0.240. The number of halogens is 1. The molecule has 10 heteroatoms. The maximum Gasteiger partial charge on any atom is 0.264 e. The summed E-state index contributed by atoms with van der Waals surface area (Å²) >= 11 is 0. The SMILES string of the molecule is CCC(NC(=O)CN(c1ccc(C)cc1)S(=O)(=O)c1ccc(F)cc1)c1ccc(S(C)(=O)=O)cc1. The van der Waals surface area contributed by atoms with Crippen molar-refractivity contribution in [3.8, 4) is 0 Å². The van der Waals surface area contributed by atoms with Crippen molar-refractivity contribution < 1.29 is 26.0 Å². The predicted octanol–water partition coefficient (Wildman–Crippen LogP) is 4.00. The van der Waals surface area contributed by atoms with Gasteiger partial charge < -0.3 is 5.32 Å². The number of rotatable bonds is 9. The van der Waals surface area contributed by atoms with Gasteiger partial charge >= 0.3 is 0 Å². The van der Waals surface area contributed by atoms with E-state index in [2.05, 4.69) is 5.32 Å². The van der Waals surface area contributed by atoms with Crippen LogP contribution in [-0.2, 0) is 24.7 Å². The third kappa shape index (κ3) is 6.46. The zero-order valence-corrected chi connectivity index (χ0v) is 21.2. The molecular formula is C25H27FN2O5S2. The Kier molecular flexibility index (Phi) is 7.97. The number of amides is 1. The monoisotopic (exact) mass is 518 g/mol. The minimum absolute atomic E-state index is 0.143. The standard InChI is InChI=1S/C25H27FN2O5S2/c1-4-24(19-7-13-22(14-8-19)34(3,30)31)27-25(29)17-28(21-11-5-18(2)6-12-21)35(32,33)23-15-9-20(26)10-16-23/h5-16,24H,4,17H2,1-3H3,(H,27,29). The summed E-state index contributed by atoms with van der Waals surface area (Å²) in [5, 5.41) is 2.83. The van der Waals surface area contributed by atoms with Gasteiger partial charge in [0, 0.05) is 6.26 Å². The number of nitrogens with zero attached hydrogens (tertiary/aromatic N) is 1. The first-order chi connectivity index (χ1) is 16.4. The van der Waals surface area contributed by atoms with Gasteiger partial charge in [-0.2, -0.15) is 0 Å². The van der Waals surface area contributed by atoms with Gasteiger partial charge in [0.1, 0.15) is 12.4 Å². The van der Waals surface area contributed by atoms with Crippen molar-refractivity contribution in [2.45, 2.75) is 36.1 Å². The molecule has 0 heterocycles. The number of hydrogen-bond donors (Lipinski definition) is 1. The van der Waals surface area contributed by atoms with Crippen LogP contribution >= 0.6 is 0 Å². The first kappa shape index (κ1) is 26.4. The Labute approximate surface area is 205 Å². The molecule has 7 nitrogen and oxygen atoms in total. The van der Waals surface area contributed by atoms with Crippen LogP contribution in [0.1, 0.15) is 30.5 Å².